The van der Waals surface area contributed by atoms with Gasteiger partial charge in [-0.25, -0.2) is 0 Å². The Morgan fingerprint density at radius 1 is 1.04 bits per heavy atom. The molecule has 0 bridgehead atoms. The first kappa shape index (κ1) is 16.7. The molecule has 0 aliphatic carbocycles. The van der Waals surface area contributed by atoms with Crippen molar-refractivity contribution in [2.24, 2.45) is 0 Å². The number of rotatable bonds is 6. The van der Waals surface area contributed by atoms with Crippen molar-refractivity contribution >= 4 is 17.2 Å². The van der Waals surface area contributed by atoms with E-state index in [9.17, 15) is 4.79 Å². The lowest BCUT2D eigenvalue weighted by molar-refractivity contribution is -0.131. The van der Waals surface area contributed by atoms with E-state index >= 15 is 0 Å². The number of hydrogen-bond acceptors (Lipinski definition) is 5. The Hall–Kier alpha value is -2.73. The molecule has 2 aromatic heterocycles. The number of nitrogens with zero attached hydrogens (tertiary/aromatic N) is 1. The molecule has 0 unspecified atom stereocenters. The Morgan fingerprint density at radius 2 is 1.92 bits per heavy atom. The summed E-state index contributed by atoms with van der Waals surface area (Å²) in [6.07, 6.45) is 1.94. The predicted molar refractivity (Wildman–Crippen MR) is 98.4 cm³/mol. The molecule has 0 saturated carbocycles. The van der Waals surface area contributed by atoms with Gasteiger partial charge in [0, 0.05) is 4.88 Å². The number of ether oxygens (including phenoxy) is 2. The maximum Gasteiger partial charge on any atom is 0.227 e. The van der Waals surface area contributed by atoms with Gasteiger partial charge in [-0.2, -0.15) is 0 Å². The van der Waals surface area contributed by atoms with E-state index in [2.05, 4.69) is 0 Å². The van der Waals surface area contributed by atoms with Crippen LogP contribution in [0.5, 0.6) is 11.5 Å². The van der Waals surface area contributed by atoms with Gasteiger partial charge in [0.2, 0.25) is 5.91 Å². The van der Waals surface area contributed by atoms with Crippen molar-refractivity contribution in [1.82, 2.24) is 4.90 Å². The summed E-state index contributed by atoms with van der Waals surface area (Å²) in [6, 6.07) is 13.4. The molecule has 0 atom stereocenters. The van der Waals surface area contributed by atoms with Crippen LogP contribution in [0.1, 0.15) is 16.2 Å². The second kappa shape index (κ2) is 7.66. The largest absolute Gasteiger partial charge is 0.486 e. The summed E-state index contributed by atoms with van der Waals surface area (Å²) in [5.41, 5.74) is 0.912. The molecule has 1 aromatic carbocycles. The van der Waals surface area contributed by atoms with Gasteiger partial charge in [-0.3, -0.25) is 4.79 Å². The predicted octanol–water partition coefficient (Wildman–Crippen LogP) is 3.88. The quantitative estimate of drug-likeness (QED) is 0.662. The van der Waals surface area contributed by atoms with Crippen molar-refractivity contribution in [3.8, 4) is 11.5 Å². The van der Waals surface area contributed by atoms with Crippen LogP contribution in [-0.2, 0) is 24.3 Å². The van der Waals surface area contributed by atoms with Crippen molar-refractivity contribution in [2.45, 2.75) is 19.5 Å². The molecule has 26 heavy (non-hydrogen) atoms. The van der Waals surface area contributed by atoms with E-state index in [1.807, 2.05) is 52.7 Å². The minimum Gasteiger partial charge on any atom is -0.486 e. The Morgan fingerprint density at radius 3 is 2.69 bits per heavy atom. The average Bonchev–Trinajstić information content (AvgIpc) is 3.35. The van der Waals surface area contributed by atoms with Gasteiger partial charge in [0.15, 0.2) is 11.5 Å². The third-order valence-corrected chi connectivity index (χ3v) is 5.03. The highest BCUT2D eigenvalue weighted by Crippen LogP contribution is 2.31. The van der Waals surface area contributed by atoms with Crippen molar-refractivity contribution in [1.29, 1.82) is 0 Å². The zero-order chi connectivity index (χ0) is 17.8. The smallest absolute Gasteiger partial charge is 0.227 e. The molecule has 3 aromatic rings. The topological polar surface area (TPSA) is 51.9 Å². The maximum absolute atomic E-state index is 13.0. The van der Waals surface area contributed by atoms with Crippen molar-refractivity contribution in [2.75, 3.05) is 13.2 Å². The minimum absolute atomic E-state index is 0.0477. The first-order valence-corrected chi connectivity index (χ1v) is 9.37. The second-order valence-corrected chi connectivity index (χ2v) is 7.10. The lowest BCUT2D eigenvalue weighted by Crippen LogP contribution is -2.31. The highest BCUT2D eigenvalue weighted by atomic mass is 32.1. The van der Waals surface area contributed by atoms with Crippen LogP contribution >= 0.6 is 11.3 Å². The summed E-state index contributed by atoms with van der Waals surface area (Å²) in [5, 5.41) is 2.02. The molecular formula is C20H19NO4S. The Labute approximate surface area is 155 Å². The van der Waals surface area contributed by atoms with Gasteiger partial charge in [-0.15, -0.1) is 11.3 Å². The van der Waals surface area contributed by atoms with E-state index in [-0.39, 0.29) is 5.91 Å². The van der Waals surface area contributed by atoms with Crippen LogP contribution < -0.4 is 9.47 Å². The van der Waals surface area contributed by atoms with Gasteiger partial charge in [0.1, 0.15) is 19.0 Å². The molecule has 3 heterocycles. The molecule has 134 valence electrons. The van der Waals surface area contributed by atoms with Crippen LogP contribution in [-0.4, -0.2) is 24.0 Å². The van der Waals surface area contributed by atoms with E-state index in [0.717, 1.165) is 22.0 Å². The van der Waals surface area contributed by atoms with E-state index in [1.165, 1.54) is 0 Å². The monoisotopic (exact) mass is 369 g/mol. The van der Waals surface area contributed by atoms with Crippen LogP contribution in [0.3, 0.4) is 0 Å². The fourth-order valence-electron chi connectivity index (χ4n) is 2.90. The van der Waals surface area contributed by atoms with Crippen LogP contribution in [0.25, 0.3) is 0 Å². The first-order valence-electron chi connectivity index (χ1n) is 8.49. The normalized spacial score (nSPS) is 12.8. The zero-order valence-electron chi connectivity index (χ0n) is 14.2. The second-order valence-electron chi connectivity index (χ2n) is 6.06. The van der Waals surface area contributed by atoms with E-state index in [1.54, 1.807) is 17.6 Å². The number of fused-ring (bicyclic) bond motifs is 1. The molecule has 0 N–H and O–H groups in total. The summed E-state index contributed by atoms with van der Waals surface area (Å²) >= 11 is 1.65. The van der Waals surface area contributed by atoms with Gasteiger partial charge in [-0.1, -0.05) is 12.1 Å². The Balaban J connectivity index is 1.50. The van der Waals surface area contributed by atoms with Gasteiger partial charge in [-0.05, 0) is 41.3 Å². The highest BCUT2D eigenvalue weighted by molar-refractivity contribution is 7.09. The van der Waals surface area contributed by atoms with Gasteiger partial charge in [0.25, 0.3) is 0 Å². The summed E-state index contributed by atoms with van der Waals surface area (Å²) in [5.74, 6) is 2.26. The van der Waals surface area contributed by atoms with Crippen LogP contribution in [0.2, 0.25) is 0 Å². The number of thiophene rings is 1. The zero-order valence-corrected chi connectivity index (χ0v) is 15.0. The summed E-state index contributed by atoms with van der Waals surface area (Å²) in [4.78, 5) is 15.9. The molecule has 0 saturated heterocycles. The summed E-state index contributed by atoms with van der Waals surface area (Å²) < 4.78 is 16.6. The number of amides is 1. The van der Waals surface area contributed by atoms with Gasteiger partial charge < -0.3 is 18.8 Å². The summed E-state index contributed by atoms with van der Waals surface area (Å²) in [6.45, 7) is 2.12. The molecule has 5 nitrogen and oxygen atoms in total. The van der Waals surface area contributed by atoms with Crippen LogP contribution in [0, 0.1) is 0 Å². The SMILES string of the molecule is O=C(Cc1ccc2c(c1)OCCO2)N(Cc1ccco1)Cc1cccs1. The summed E-state index contributed by atoms with van der Waals surface area (Å²) in [7, 11) is 0. The van der Waals surface area contributed by atoms with E-state index < -0.39 is 0 Å². The molecule has 1 aliphatic heterocycles. The van der Waals surface area contributed by atoms with Gasteiger partial charge in [0.05, 0.1) is 25.8 Å². The Kier molecular flexibility index (Phi) is 4.93. The molecule has 6 heteroatoms. The third kappa shape index (κ3) is 3.91. The first-order chi connectivity index (χ1) is 12.8. The standard InChI is InChI=1S/C20H19NO4S/c22-20(12-15-5-6-18-19(11-15)25-9-8-24-18)21(13-16-3-1-7-23-16)14-17-4-2-10-26-17/h1-7,10-11H,8-9,12-14H2. The number of carbonyl (C=O) groups excluding carboxylic acids is 1. The lowest BCUT2D eigenvalue weighted by atomic mass is 10.1. The van der Waals surface area contributed by atoms with E-state index in [0.29, 0.717) is 38.5 Å². The molecule has 4 rings (SSSR count). The maximum atomic E-state index is 13.0. The number of carbonyl (C=O) groups is 1. The third-order valence-electron chi connectivity index (χ3n) is 4.17. The van der Waals surface area contributed by atoms with E-state index in [4.69, 9.17) is 13.9 Å². The fourth-order valence-corrected chi connectivity index (χ4v) is 3.62. The molecule has 0 radical (unpaired) electrons. The molecule has 1 aliphatic rings. The number of benzene rings is 1. The van der Waals surface area contributed by atoms with Crippen LogP contribution in [0.15, 0.2) is 58.5 Å². The average molecular weight is 369 g/mol. The van der Waals surface area contributed by atoms with Crippen molar-refractivity contribution in [3.63, 3.8) is 0 Å². The molecule has 0 fully saturated rings. The van der Waals surface area contributed by atoms with Crippen molar-refractivity contribution in [3.05, 3.63) is 70.3 Å². The highest BCUT2D eigenvalue weighted by Gasteiger charge is 2.19. The lowest BCUT2D eigenvalue weighted by Gasteiger charge is -2.22. The van der Waals surface area contributed by atoms with Crippen molar-refractivity contribution < 1.29 is 18.7 Å². The van der Waals surface area contributed by atoms with Gasteiger partial charge >= 0.3 is 0 Å². The van der Waals surface area contributed by atoms with Crippen LogP contribution in [0.4, 0.5) is 0 Å². The molecular weight excluding hydrogens is 350 g/mol. The minimum atomic E-state index is 0.0477. The number of hydrogen-bond donors (Lipinski definition) is 0. The number of furan rings is 1. The Bertz CT molecular complexity index is 822. The molecule has 1 amide bonds. The molecule has 0 spiro atoms. The fraction of sp³-hybridized carbons (Fsp3) is 0.250.